The van der Waals surface area contributed by atoms with Crippen LogP contribution in [0, 0.1) is 12.7 Å². The fourth-order valence-corrected chi connectivity index (χ4v) is 1.83. The molecule has 1 unspecified atom stereocenters. The molecule has 0 aliphatic carbocycles. The first-order chi connectivity index (χ1) is 8.22. The number of nitrogens with one attached hydrogen (secondary N) is 1. The van der Waals surface area contributed by atoms with Gasteiger partial charge in [-0.1, -0.05) is 12.1 Å². The molecule has 0 fully saturated rings. The monoisotopic (exact) mass is 231 g/mol. The van der Waals surface area contributed by atoms with Crippen LogP contribution in [0.2, 0.25) is 0 Å². The number of aryl methyl sites for hydroxylation is 1. The fraction of sp³-hybridized carbons (Fsp3) is 0.231. The van der Waals surface area contributed by atoms with Crippen LogP contribution in [0.3, 0.4) is 0 Å². The maximum absolute atomic E-state index is 13.2. The van der Waals surface area contributed by atoms with Crippen molar-refractivity contribution in [3.63, 3.8) is 0 Å². The summed E-state index contributed by atoms with van der Waals surface area (Å²) in [6.45, 7) is 1.76. The van der Waals surface area contributed by atoms with Crippen molar-refractivity contribution in [1.82, 2.24) is 15.3 Å². The van der Waals surface area contributed by atoms with Crippen molar-refractivity contribution in [2.75, 3.05) is 7.05 Å². The van der Waals surface area contributed by atoms with Crippen molar-refractivity contribution in [3.8, 4) is 0 Å². The minimum absolute atomic E-state index is 0.0181. The molecule has 0 saturated carbocycles. The summed E-state index contributed by atoms with van der Waals surface area (Å²) < 4.78 is 13.2. The smallest absolute Gasteiger partial charge is 0.126 e. The molecule has 4 heteroatoms. The molecule has 0 saturated heterocycles. The Morgan fingerprint density at radius 1 is 1.18 bits per heavy atom. The number of hydrogen-bond donors (Lipinski definition) is 1. The summed E-state index contributed by atoms with van der Waals surface area (Å²) in [7, 11) is 1.86. The van der Waals surface area contributed by atoms with Crippen LogP contribution in [-0.2, 0) is 0 Å². The predicted molar refractivity (Wildman–Crippen MR) is 64.1 cm³/mol. The van der Waals surface area contributed by atoms with Gasteiger partial charge >= 0.3 is 0 Å². The predicted octanol–water partition coefficient (Wildman–Crippen LogP) is 2.23. The highest BCUT2D eigenvalue weighted by Gasteiger charge is 2.13. The first-order valence-corrected chi connectivity index (χ1v) is 5.40. The zero-order valence-corrected chi connectivity index (χ0v) is 9.81. The Balaban J connectivity index is 2.39. The molecule has 1 N–H and O–H groups in total. The molecule has 2 aromatic rings. The maximum Gasteiger partial charge on any atom is 0.126 e. The summed E-state index contributed by atoms with van der Waals surface area (Å²) in [6, 6.07) is 5.08. The zero-order chi connectivity index (χ0) is 12.3. The Labute approximate surface area is 99.7 Å². The van der Waals surface area contributed by atoms with Gasteiger partial charge in [-0.05, 0) is 31.2 Å². The van der Waals surface area contributed by atoms with E-state index in [4.69, 9.17) is 0 Å². The third-order valence-corrected chi connectivity index (χ3v) is 2.72. The molecule has 0 spiro atoms. The average molecular weight is 231 g/mol. The highest BCUT2D eigenvalue weighted by molar-refractivity contribution is 5.32. The maximum atomic E-state index is 13.2. The van der Waals surface area contributed by atoms with Gasteiger partial charge in [-0.2, -0.15) is 0 Å². The highest BCUT2D eigenvalue weighted by Crippen LogP contribution is 2.22. The minimum atomic E-state index is -0.187. The molecule has 0 aliphatic rings. The molecule has 0 bridgehead atoms. The number of halogens is 1. The van der Waals surface area contributed by atoms with Crippen molar-refractivity contribution in [2.45, 2.75) is 13.0 Å². The lowest BCUT2D eigenvalue weighted by Gasteiger charge is -2.16. The lowest BCUT2D eigenvalue weighted by atomic mass is 9.99. The topological polar surface area (TPSA) is 37.8 Å². The van der Waals surface area contributed by atoms with Crippen molar-refractivity contribution < 1.29 is 4.39 Å². The Hall–Kier alpha value is -1.81. The summed E-state index contributed by atoms with van der Waals surface area (Å²) in [5.74, 6) is -0.187. The normalized spacial score (nSPS) is 12.4. The number of rotatable bonds is 3. The number of aromatic nitrogens is 2. The molecule has 0 radical (unpaired) electrons. The molecule has 1 aromatic heterocycles. The van der Waals surface area contributed by atoms with Gasteiger partial charge in [0, 0.05) is 18.0 Å². The van der Waals surface area contributed by atoms with Gasteiger partial charge in [0.2, 0.25) is 0 Å². The molecule has 88 valence electrons. The molecule has 0 aliphatic heterocycles. The first-order valence-electron chi connectivity index (χ1n) is 5.40. The summed E-state index contributed by atoms with van der Waals surface area (Å²) >= 11 is 0. The Bertz CT molecular complexity index is 499. The molecule has 2 rings (SSSR count). The van der Waals surface area contributed by atoms with Crippen molar-refractivity contribution in [2.24, 2.45) is 0 Å². The quantitative estimate of drug-likeness (QED) is 0.880. The largest absolute Gasteiger partial charge is 0.309 e. The number of hydrogen-bond acceptors (Lipinski definition) is 3. The summed E-state index contributed by atoms with van der Waals surface area (Å²) in [5, 5.41) is 3.18. The lowest BCUT2D eigenvalue weighted by Crippen LogP contribution is -2.18. The summed E-state index contributed by atoms with van der Waals surface area (Å²) in [4.78, 5) is 7.99. The molecule has 1 atom stereocenters. The van der Waals surface area contributed by atoms with E-state index in [9.17, 15) is 4.39 Å². The van der Waals surface area contributed by atoms with E-state index in [0.717, 1.165) is 11.1 Å². The van der Waals surface area contributed by atoms with E-state index in [1.54, 1.807) is 25.4 Å². The molecular weight excluding hydrogens is 217 g/mol. The van der Waals surface area contributed by atoms with Gasteiger partial charge in [0.1, 0.15) is 12.1 Å². The van der Waals surface area contributed by atoms with Crippen molar-refractivity contribution in [1.29, 1.82) is 0 Å². The van der Waals surface area contributed by atoms with E-state index in [-0.39, 0.29) is 11.9 Å². The van der Waals surface area contributed by atoms with Gasteiger partial charge in [0.15, 0.2) is 0 Å². The molecule has 3 nitrogen and oxygen atoms in total. The van der Waals surface area contributed by atoms with Gasteiger partial charge in [0.05, 0.1) is 6.04 Å². The van der Waals surface area contributed by atoms with Crippen LogP contribution in [0.4, 0.5) is 4.39 Å². The van der Waals surface area contributed by atoms with Crippen LogP contribution in [-0.4, -0.2) is 17.0 Å². The van der Waals surface area contributed by atoms with Gasteiger partial charge < -0.3 is 5.32 Å². The highest BCUT2D eigenvalue weighted by atomic mass is 19.1. The molecule has 0 amide bonds. The van der Waals surface area contributed by atoms with Gasteiger partial charge in [0.25, 0.3) is 0 Å². The molecule has 1 heterocycles. The van der Waals surface area contributed by atoms with Crippen LogP contribution in [0.25, 0.3) is 0 Å². The van der Waals surface area contributed by atoms with E-state index in [1.807, 2.05) is 13.1 Å². The third-order valence-electron chi connectivity index (χ3n) is 2.72. The SMILES string of the molecule is CNC(c1cncnc1)c1ccc(F)c(C)c1. The Morgan fingerprint density at radius 2 is 1.88 bits per heavy atom. The van der Waals surface area contributed by atoms with Crippen LogP contribution in [0.5, 0.6) is 0 Å². The molecule has 1 aromatic carbocycles. The van der Waals surface area contributed by atoms with Crippen molar-refractivity contribution in [3.05, 3.63) is 59.4 Å². The van der Waals surface area contributed by atoms with Crippen LogP contribution in [0.15, 0.2) is 36.9 Å². The molecule has 17 heavy (non-hydrogen) atoms. The standard InChI is InChI=1S/C13H14FN3/c1-9-5-10(3-4-12(9)14)13(15-2)11-6-16-8-17-7-11/h3-8,13,15H,1-2H3. The minimum Gasteiger partial charge on any atom is -0.309 e. The van der Waals surface area contributed by atoms with Gasteiger partial charge in [-0.15, -0.1) is 0 Å². The van der Waals surface area contributed by atoms with Gasteiger partial charge in [-0.25, -0.2) is 14.4 Å². The average Bonchev–Trinajstić information content (AvgIpc) is 2.36. The van der Waals surface area contributed by atoms with E-state index in [0.29, 0.717) is 5.56 Å². The summed E-state index contributed by atoms with van der Waals surface area (Å²) in [6.07, 6.45) is 5.01. The van der Waals surface area contributed by atoms with Crippen LogP contribution >= 0.6 is 0 Å². The Morgan fingerprint density at radius 3 is 2.47 bits per heavy atom. The second kappa shape index (κ2) is 5.01. The van der Waals surface area contributed by atoms with E-state index in [2.05, 4.69) is 15.3 Å². The second-order valence-corrected chi connectivity index (χ2v) is 3.90. The second-order valence-electron chi connectivity index (χ2n) is 3.90. The lowest BCUT2D eigenvalue weighted by molar-refractivity contribution is 0.613. The van der Waals surface area contributed by atoms with Crippen LogP contribution in [0.1, 0.15) is 22.7 Å². The fourth-order valence-electron chi connectivity index (χ4n) is 1.83. The zero-order valence-electron chi connectivity index (χ0n) is 9.81. The van der Waals surface area contributed by atoms with Gasteiger partial charge in [-0.3, -0.25) is 0 Å². The van der Waals surface area contributed by atoms with E-state index >= 15 is 0 Å². The first kappa shape index (κ1) is 11.7. The van der Waals surface area contributed by atoms with E-state index in [1.165, 1.54) is 12.4 Å². The van der Waals surface area contributed by atoms with Crippen LogP contribution < -0.4 is 5.32 Å². The van der Waals surface area contributed by atoms with Crippen molar-refractivity contribution >= 4 is 0 Å². The Kier molecular flexibility index (Phi) is 3.44. The number of benzene rings is 1. The number of nitrogens with zero attached hydrogens (tertiary/aromatic N) is 2. The third kappa shape index (κ3) is 2.47. The molecular formula is C13H14FN3. The summed E-state index contributed by atoms with van der Waals surface area (Å²) in [5.41, 5.74) is 2.60. The van der Waals surface area contributed by atoms with E-state index < -0.39 is 0 Å².